The predicted octanol–water partition coefficient (Wildman–Crippen LogP) is 0.706. The van der Waals surface area contributed by atoms with Crippen LogP contribution in [0.4, 0.5) is 0 Å². The molecule has 6 atom stereocenters. The van der Waals surface area contributed by atoms with Gasteiger partial charge in [-0.25, -0.2) is 9.78 Å². The van der Waals surface area contributed by atoms with E-state index in [2.05, 4.69) is 0 Å². The molecule has 0 amide bonds. The monoisotopic (exact) mass is 464 g/mol. The van der Waals surface area contributed by atoms with Crippen LogP contribution in [0.1, 0.15) is 40.5 Å². The smallest absolute Gasteiger partial charge is 0.173 e. The minimum atomic E-state index is -1.06. The lowest BCUT2D eigenvalue weighted by Gasteiger charge is -2.28. The van der Waals surface area contributed by atoms with Gasteiger partial charge in [0.15, 0.2) is 17.4 Å². The van der Waals surface area contributed by atoms with E-state index in [0.717, 1.165) is 6.29 Å². The largest absolute Gasteiger partial charge is 0.394 e. The van der Waals surface area contributed by atoms with Crippen molar-refractivity contribution in [1.82, 2.24) is 0 Å². The molecule has 32 heavy (non-hydrogen) atoms. The number of rotatable bonds is 13. The lowest BCUT2D eigenvalue weighted by Crippen LogP contribution is -2.45. The Hall–Kier alpha value is -0.730. The van der Waals surface area contributed by atoms with Crippen molar-refractivity contribution in [2.75, 3.05) is 46.2 Å². The summed E-state index contributed by atoms with van der Waals surface area (Å²) in [5.74, 6) is -2.67. The van der Waals surface area contributed by atoms with E-state index in [4.69, 9.17) is 48.0 Å². The van der Waals surface area contributed by atoms with Crippen LogP contribution in [0.2, 0.25) is 0 Å². The number of carbonyl (C=O) groups is 1. The fourth-order valence-electron chi connectivity index (χ4n) is 3.98. The standard InChI is InChI=1S/C21H36O11/c1-19(2)25-13-15(29-19)17-18(32-21(4,31-17)5-7-22)16-14-26-20(3,30-16)6-9-27-28-12-11-24-10-8-23/h7,15-18,23H,5-6,8-14H2,1-4H3. The molecule has 0 aromatic carbocycles. The number of hydrogen-bond acceptors (Lipinski definition) is 11. The molecule has 0 aromatic rings. The zero-order valence-corrected chi connectivity index (χ0v) is 19.3. The Morgan fingerprint density at radius 2 is 1.50 bits per heavy atom. The molecule has 0 spiro atoms. The van der Waals surface area contributed by atoms with Gasteiger partial charge in [0.25, 0.3) is 0 Å². The quantitative estimate of drug-likeness (QED) is 0.179. The molecule has 0 aliphatic carbocycles. The van der Waals surface area contributed by atoms with Gasteiger partial charge in [-0.15, -0.1) is 0 Å². The molecule has 186 valence electrons. The molecule has 1 N–H and O–H groups in total. The minimum Gasteiger partial charge on any atom is -0.394 e. The molecule has 0 aromatic heterocycles. The molecule has 0 radical (unpaired) electrons. The lowest BCUT2D eigenvalue weighted by atomic mass is 10.0. The first kappa shape index (κ1) is 25.9. The number of aliphatic hydroxyl groups excluding tert-OH is 1. The van der Waals surface area contributed by atoms with Gasteiger partial charge in [-0.2, -0.15) is 0 Å². The Kier molecular flexibility index (Phi) is 9.00. The Labute approximate surface area is 188 Å². The summed E-state index contributed by atoms with van der Waals surface area (Å²) < 4.78 is 41.2. The topological polar surface area (TPSA) is 120 Å². The maximum Gasteiger partial charge on any atom is 0.173 e. The van der Waals surface area contributed by atoms with Gasteiger partial charge >= 0.3 is 0 Å². The van der Waals surface area contributed by atoms with Crippen molar-refractivity contribution in [3.8, 4) is 0 Å². The molecule has 0 saturated carbocycles. The highest BCUT2D eigenvalue weighted by atomic mass is 17.2. The van der Waals surface area contributed by atoms with Crippen LogP contribution in [-0.2, 0) is 47.7 Å². The lowest BCUT2D eigenvalue weighted by molar-refractivity contribution is -0.310. The number of hydrogen-bond donors (Lipinski definition) is 1. The molecule has 3 heterocycles. The zero-order chi connectivity index (χ0) is 23.2. The van der Waals surface area contributed by atoms with Gasteiger partial charge < -0.3 is 43.1 Å². The third kappa shape index (κ3) is 6.89. The molecule has 11 nitrogen and oxygen atoms in total. The van der Waals surface area contributed by atoms with Crippen molar-refractivity contribution in [1.29, 1.82) is 0 Å². The van der Waals surface area contributed by atoms with Crippen molar-refractivity contribution >= 4 is 6.29 Å². The second-order valence-corrected chi connectivity index (χ2v) is 8.87. The molecule has 6 unspecified atom stereocenters. The first-order valence-corrected chi connectivity index (χ1v) is 11.1. The number of carbonyl (C=O) groups excluding carboxylic acids is 1. The van der Waals surface area contributed by atoms with Crippen molar-refractivity contribution in [3.63, 3.8) is 0 Å². The van der Waals surface area contributed by atoms with Crippen molar-refractivity contribution in [3.05, 3.63) is 0 Å². The first-order chi connectivity index (χ1) is 15.2. The van der Waals surface area contributed by atoms with Crippen LogP contribution in [-0.4, -0.2) is 99.4 Å². The maximum atomic E-state index is 11.2. The van der Waals surface area contributed by atoms with Gasteiger partial charge in [-0.05, 0) is 27.7 Å². The van der Waals surface area contributed by atoms with E-state index in [-0.39, 0.29) is 39.0 Å². The van der Waals surface area contributed by atoms with Gasteiger partial charge in [0, 0.05) is 6.42 Å². The van der Waals surface area contributed by atoms with Crippen LogP contribution in [0.5, 0.6) is 0 Å². The summed E-state index contributed by atoms with van der Waals surface area (Å²) >= 11 is 0. The summed E-state index contributed by atoms with van der Waals surface area (Å²) in [4.78, 5) is 21.4. The molecule has 11 heteroatoms. The molecule has 0 bridgehead atoms. The van der Waals surface area contributed by atoms with Crippen molar-refractivity contribution in [2.45, 2.75) is 82.3 Å². The molecule has 3 aliphatic rings. The second kappa shape index (κ2) is 11.1. The Bertz CT molecular complexity index is 602. The number of aldehydes is 1. The normalized spacial score (nSPS) is 39.0. The number of ether oxygens (including phenoxy) is 7. The summed E-state index contributed by atoms with van der Waals surface area (Å²) in [6, 6.07) is 0. The van der Waals surface area contributed by atoms with E-state index in [1.54, 1.807) is 6.92 Å². The van der Waals surface area contributed by atoms with Gasteiger partial charge in [0.2, 0.25) is 0 Å². The molecule has 3 aliphatic heterocycles. The summed E-state index contributed by atoms with van der Waals surface area (Å²) in [6.07, 6.45) is -0.447. The van der Waals surface area contributed by atoms with Crippen LogP contribution in [0.15, 0.2) is 0 Å². The van der Waals surface area contributed by atoms with Crippen LogP contribution >= 0.6 is 0 Å². The van der Waals surface area contributed by atoms with E-state index >= 15 is 0 Å². The SMILES string of the molecule is CC1(C)OCC(C2OC(C)(CC=O)OC2C2COC(C)(CCOOCCOCCO)O2)O1. The average molecular weight is 465 g/mol. The Morgan fingerprint density at radius 1 is 0.844 bits per heavy atom. The van der Waals surface area contributed by atoms with Crippen LogP contribution in [0.25, 0.3) is 0 Å². The van der Waals surface area contributed by atoms with E-state index in [9.17, 15) is 4.79 Å². The highest BCUT2D eigenvalue weighted by molar-refractivity contribution is 5.50. The van der Waals surface area contributed by atoms with Crippen LogP contribution in [0, 0.1) is 0 Å². The molecule has 3 rings (SSSR count). The van der Waals surface area contributed by atoms with Crippen molar-refractivity contribution < 1.29 is 52.8 Å². The summed E-state index contributed by atoms with van der Waals surface area (Å²) in [5, 5.41) is 8.64. The fraction of sp³-hybridized carbons (Fsp3) is 0.952. The summed E-state index contributed by atoms with van der Waals surface area (Å²) in [5.41, 5.74) is 0. The Morgan fingerprint density at radius 3 is 2.12 bits per heavy atom. The zero-order valence-electron chi connectivity index (χ0n) is 19.3. The minimum absolute atomic E-state index is 0.0301. The number of aliphatic hydroxyl groups is 1. The summed E-state index contributed by atoms with van der Waals surface area (Å²) in [7, 11) is 0. The van der Waals surface area contributed by atoms with Gasteiger partial charge in [0.1, 0.15) is 37.3 Å². The van der Waals surface area contributed by atoms with Gasteiger partial charge in [-0.1, -0.05) is 0 Å². The fourth-order valence-corrected chi connectivity index (χ4v) is 3.98. The van der Waals surface area contributed by atoms with E-state index in [1.807, 2.05) is 20.8 Å². The predicted molar refractivity (Wildman–Crippen MR) is 107 cm³/mol. The maximum absolute atomic E-state index is 11.2. The average Bonchev–Trinajstić information content (AvgIpc) is 3.39. The molecule has 3 saturated heterocycles. The third-order valence-electron chi connectivity index (χ3n) is 5.54. The van der Waals surface area contributed by atoms with Crippen LogP contribution < -0.4 is 0 Å². The van der Waals surface area contributed by atoms with Crippen LogP contribution in [0.3, 0.4) is 0 Å². The Balaban J connectivity index is 1.51. The molecular formula is C21H36O11. The molecule has 3 fully saturated rings. The van der Waals surface area contributed by atoms with Gasteiger partial charge in [-0.3, -0.25) is 0 Å². The van der Waals surface area contributed by atoms with Gasteiger partial charge in [0.05, 0.1) is 46.1 Å². The van der Waals surface area contributed by atoms with E-state index < -0.39 is 35.7 Å². The highest BCUT2D eigenvalue weighted by Crippen LogP contribution is 2.41. The summed E-state index contributed by atoms with van der Waals surface area (Å²) in [6.45, 7) is 8.97. The highest BCUT2D eigenvalue weighted by Gasteiger charge is 2.56. The van der Waals surface area contributed by atoms with Crippen molar-refractivity contribution in [2.24, 2.45) is 0 Å². The second-order valence-electron chi connectivity index (χ2n) is 8.87. The van der Waals surface area contributed by atoms with E-state index in [1.165, 1.54) is 0 Å². The van der Waals surface area contributed by atoms with E-state index in [0.29, 0.717) is 26.2 Å². The molecular weight excluding hydrogens is 428 g/mol. The first-order valence-electron chi connectivity index (χ1n) is 11.1. The third-order valence-corrected chi connectivity index (χ3v) is 5.54.